The molecule has 3 aromatic rings. The second-order valence-electron chi connectivity index (χ2n) is 6.93. The molecule has 0 N–H and O–H groups in total. The first kappa shape index (κ1) is 18.7. The molecule has 1 aliphatic rings. The second-order valence-corrected chi connectivity index (χ2v) is 8.83. The molecule has 1 fully saturated rings. The molecule has 0 amide bonds. The summed E-state index contributed by atoms with van der Waals surface area (Å²) in [5.41, 5.74) is 1.93. The lowest BCUT2D eigenvalue weighted by Gasteiger charge is -2.35. The largest absolute Gasteiger partial charge is 0.495 e. The third kappa shape index (κ3) is 3.31. The molecule has 146 valence electrons. The second kappa shape index (κ2) is 7.41. The van der Waals surface area contributed by atoms with E-state index in [-0.39, 0.29) is 4.90 Å². The van der Waals surface area contributed by atoms with E-state index < -0.39 is 10.0 Å². The summed E-state index contributed by atoms with van der Waals surface area (Å²) in [6, 6.07) is 13.4. The van der Waals surface area contributed by atoms with Crippen LogP contribution in [0, 0.1) is 6.92 Å². The number of hydrogen-bond acceptors (Lipinski definition) is 5. The minimum atomic E-state index is -3.61. The van der Waals surface area contributed by atoms with Gasteiger partial charge in [0.2, 0.25) is 10.0 Å². The van der Waals surface area contributed by atoms with Gasteiger partial charge in [-0.25, -0.2) is 8.42 Å². The number of aromatic nitrogens is 1. The monoisotopic (exact) mass is 397 g/mol. The Morgan fingerprint density at radius 2 is 1.75 bits per heavy atom. The summed E-state index contributed by atoms with van der Waals surface area (Å²) >= 11 is 0. The van der Waals surface area contributed by atoms with Crippen molar-refractivity contribution >= 4 is 26.5 Å². The maximum absolute atomic E-state index is 13.2. The normalized spacial score (nSPS) is 15.7. The fourth-order valence-corrected chi connectivity index (χ4v) is 5.31. The van der Waals surface area contributed by atoms with Crippen LogP contribution in [0.5, 0.6) is 5.75 Å². The van der Waals surface area contributed by atoms with Crippen LogP contribution in [-0.4, -0.2) is 51.0 Å². The predicted octanol–water partition coefficient (Wildman–Crippen LogP) is 3.06. The van der Waals surface area contributed by atoms with Crippen molar-refractivity contribution in [3.63, 3.8) is 0 Å². The highest BCUT2D eigenvalue weighted by atomic mass is 32.2. The summed E-state index contributed by atoms with van der Waals surface area (Å²) in [4.78, 5) is 6.78. The summed E-state index contributed by atoms with van der Waals surface area (Å²) < 4.78 is 33.2. The maximum Gasteiger partial charge on any atom is 0.246 e. The van der Waals surface area contributed by atoms with Crippen molar-refractivity contribution < 1.29 is 13.2 Å². The molecule has 1 aromatic heterocycles. The van der Waals surface area contributed by atoms with Gasteiger partial charge in [0.05, 0.1) is 19.0 Å². The van der Waals surface area contributed by atoms with E-state index in [4.69, 9.17) is 4.74 Å². The van der Waals surface area contributed by atoms with E-state index in [0.29, 0.717) is 31.9 Å². The number of aryl methyl sites for hydroxylation is 1. The van der Waals surface area contributed by atoms with Gasteiger partial charge in [-0.05, 0) is 24.6 Å². The fraction of sp³-hybridized carbons (Fsp3) is 0.286. The molecule has 7 heteroatoms. The molecule has 0 aliphatic carbocycles. The van der Waals surface area contributed by atoms with Gasteiger partial charge in [-0.3, -0.25) is 4.98 Å². The standard InChI is InChI=1S/C21H23N3O3S/c1-16-7-8-20(27-2)21(13-16)28(25,26)24-11-9-23(10-12-24)19-15-22-14-17-5-3-4-6-18(17)19/h3-8,13-15H,9-12H2,1-2H3. The molecule has 28 heavy (non-hydrogen) atoms. The van der Waals surface area contributed by atoms with Gasteiger partial charge in [0.15, 0.2) is 0 Å². The van der Waals surface area contributed by atoms with Gasteiger partial charge in [0.1, 0.15) is 10.6 Å². The molecule has 0 spiro atoms. The predicted molar refractivity (Wildman–Crippen MR) is 110 cm³/mol. The molecule has 0 atom stereocenters. The molecule has 2 aromatic carbocycles. The number of ether oxygens (including phenoxy) is 1. The van der Waals surface area contributed by atoms with Crippen LogP contribution in [0.25, 0.3) is 10.8 Å². The van der Waals surface area contributed by atoms with E-state index in [2.05, 4.69) is 16.0 Å². The maximum atomic E-state index is 13.2. The lowest BCUT2D eigenvalue weighted by Crippen LogP contribution is -2.48. The number of rotatable bonds is 4. The Morgan fingerprint density at radius 3 is 2.50 bits per heavy atom. The molecule has 0 saturated carbocycles. The molecular weight excluding hydrogens is 374 g/mol. The number of hydrogen-bond donors (Lipinski definition) is 0. The van der Waals surface area contributed by atoms with Crippen LogP contribution in [0.3, 0.4) is 0 Å². The van der Waals surface area contributed by atoms with E-state index >= 15 is 0 Å². The molecule has 0 unspecified atom stereocenters. The molecular formula is C21H23N3O3S. The van der Waals surface area contributed by atoms with Crippen molar-refractivity contribution in [1.82, 2.24) is 9.29 Å². The van der Waals surface area contributed by atoms with Crippen LogP contribution >= 0.6 is 0 Å². The molecule has 4 rings (SSSR count). The first-order chi connectivity index (χ1) is 13.5. The molecule has 0 radical (unpaired) electrons. The third-order valence-electron chi connectivity index (χ3n) is 5.16. The van der Waals surface area contributed by atoms with Gasteiger partial charge in [-0.1, -0.05) is 30.3 Å². The quantitative estimate of drug-likeness (QED) is 0.677. The van der Waals surface area contributed by atoms with Crippen LogP contribution in [-0.2, 0) is 10.0 Å². The Bertz CT molecular complexity index is 1100. The number of benzene rings is 2. The first-order valence-electron chi connectivity index (χ1n) is 9.23. The Kier molecular flexibility index (Phi) is 4.95. The van der Waals surface area contributed by atoms with Crippen LogP contribution in [0.2, 0.25) is 0 Å². The van der Waals surface area contributed by atoms with Gasteiger partial charge in [-0.2, -0.15) is 4.31 Å². The summed E-state index contributed by atoms with van der Waals surface area (Å²) in [5.74, 6) is 0.381. The Balaban J connectivity index is 1.58. The summed E-state index contributed by atoms with van der Waals surface area (Å²) in [7, 11) is -2.11. The number of sulfonamides is 1. The number of piperazine rings is 1. The van der Waals surface area contributed by atoms with Crippen LogP contribution in [0.15, 0.2) is 59.8 Å². The van der Waals surface area contributed by atoms with Crippen molar-refractivity contribution in [1.29, 1.82) is 0 Å². The zero-order chi connectivity index (χ0) is 19.7. The average molecular weight is 398 g/mol. The van der Waals surface area contributed by atoms with Gasteiger partial charge in [0.25, 0.3) is 0 Å². The number of fused-ring (bicyclic) bond motifs is 1. The Morgan fingerprint density at radius 1 is 1.00 bits per heavy atom. The lowest BCUT2D eigenvalue weighted by atomic mass is 10.1. The number of methoxy groups -OCH3 is 1. The SMILES string of the molecule is COc1ccc(C)cc1S(=O)(=O)N1CCN(c2cncc3ccccc23)CC1. The summed E-state index contributed by atoms with van der Waals surface area (Å²) in [5, 5.41) is 2.22. The average Bonchev–Trinajstić information content (AvgIpc) is 2.73. The zero-order valence-corrected chi connectivity index (χ0v) is 16.8. The highest BCUT2D eigenvalue weighted by molar-refractivity contribution is 7.89. The van der Waals surface area contributed by atoms with Gasteiger partial charge < -0.3 is 9.64 Å². The van der Waals surface area contributed by atoms with Crippen LogP contribution < -0.4 is 9.64 Å². The fourth-order valence-electron chi connectivity index (χ4n) is 3.65. The van der Waals surface area contributed by atoms with Crippen molar-refractivity contribution in [3.05, 3.63) is 60.4 Å². The highest BCUT2D eigenvalue weighted by Gasteiger charge is 2.31. The van der Waals surface area contributed by atoms with Crippen LogP contribution in [0.1, 0.15) is 5.56 Å². The number of nitrogens with zero attached hydrogens (tertiary/aromatic N) is 3. The minimum absolute atomic E-state index is 0.232. The smallest absolute Gasteiger partial charge is 0.246 e. The third-order valence-corrected chi connectivity index (χ3v) is 7.08. The Hall–Kier alpha value is -2.64. The minimum Gasteiger partial charge on any atom is -0.495 e. The van der Waals surface area contributed by atoms with Crippen molar-refractivity contribution in [2.75, 3.05) is 38.2 Å². The van der Waals surface area contributed by atoms with Crippen molar-refractivity contribution in [2.24, 2.45) is 0 Å². The van der Waals surface area contributed by atoms with Gasteiger partial charge in [-0.15, -0.1) is 0 Å². The summed E-state index contributed by atoms with van der Waals surface area (Å²) in [6.07, 6.45) is 3.71. The number of pyridine rings is 1. The molecule has 1 saturated heterocycles. The van der Waals surface area contributed by atoms with Crippen LogP contribution in [0.4, 0.5) is 5.69 Å². The van der Waals surface area contributed by atoms with E-state index in [9.17, 15) is 8.42 Å². The topological polar surface area (TPSA) is 62.7 Å². The number of anilines is 1. The van der Waals surface area contributed by atoms with E-state index in [0.717, 1.165) is 22.0 Å². The molecule has 0 bridgehead atoms. The van der Waals surface area contributed by atoms with Gasteiger partial charge >= 0.3 is 0 Å². The first-order valence-corrected chi connectivity index (χ1v) is 10.7. The summed E-state index contributed by atoms with van der Waals surface area (Å²) in [6.45, 7) is 3.95. The van der Waals surface area contributed by atoms with E-state index in [1.807, 2.05) is 43.6 Å². The van der Waals surface area contributed by atoms with Gasteiger partial charge in [0, 0.05) is 43.1 Å². The lowest BCUT2D eigenvalue weighted by molar-refractivity contribution is 0.374. The van der Waals surface area contributed by atoms with E-state index in [1.165, 1.54) is 7.11 Å². The zero-order valence-electron chi connectivity index (χ0n) is 16.0. The van der Waals surface area contributed by atoms with Crippen molar-refractivity contribution in [2.45, 2.75) is 11.8 Å². The molecule has 2 heterocycles. The highest BCUT2D eigenvalue weighted by Crippen LogP contribution is 2.30. The van der Waals surface area contributed by atoms with E-state index in [1.54, 1.807) is 16.4 Å². The Labute approximate surface area is 165 Å². The van der Waals surface area contributed by atoms with Crippen molar-refractivity contribution in [3.8, 4) is 5.75 Å². The molecule has 1 aliphatic heterocycles. The molecule has 6 nitrogen and oxygen atoms in total.